The molecule has 6 heteroatoms. The lowest BCUT2D eigenvalue weighted by atomic mass is 10.2. The number of anilines is 1. The van der Waals surface area contributed by atoms with Crippen LogP contribution in [0.25, 0.3) is 0 Å². The minimum Gasteiger partial charge on any atom is -0.398 e. The number of nitrogens with two attached hydrogens (primary N) is 1. The molecule has 0 bridgehead atoms. The van der Waals surface area contributed by atoms with Crippen LogP contribution in [-0.2, 0) is 10.0 Å². The van der Waals surface area contributed by atoms with E-state index in [1.165, 1.54) is 6.07 Å². The van der Waals surface area contributed by atoms with Crippen LogP contribution in [0.5, 0.6) is 0 Å². The SMILES string of the molecule is CSCCC(C)NS(=O)(=O)c1ccc(C)c(N)c1. The topological polar surface area (TPSA) is 72.2 Å². The maximum Gasteiger partial charge on any atom is 0.240 e. The Morgan fingerprint density at radius 3 is 2.67 bits per heavy atom. The highest BCUT2D eigenvalue weighted by atomic mass is 32.2. The van der Waals surface area contributed by atoms with Gasteiger partial charge in [0.15, 0.2) is 0 Å². The molecule has 4 nitrogen and oxygen atoms in total. The number of sulfonamides is 1. The molecule has 1 unspecified atom stereocenters. The van der Waals surface area contributed by atoms with Crippen molar-refractivity contribution in [3.8, 4) is 0 Å². The zero-order valence-corrected chi connectivity index (χ0v) is 12.6. The lowest BCUT2D eigenvalue weighted by molar-refractivity contribution is 0.557. The second-order valence-electron chi connectivity index (χ2n) is 4.32. The van der Waals surface area contributed by atoms with Gasteiger partial charge in [-0.2, -0.15) is 11.8 Å². The van der Waals surface area contributed by atoms with Gasteiger partial charge in [-0.15, -0.1) is 0 Å². The van der Waals surface area contributed by atoms with Crippen LogP contribution in [0.1, 0.15) is 18.9 Å². The fourth-order valence-electron chi connectivity index (χ4n) is 1.47. The summed E-state index contributed by atoms with van der Waals surface area (Å²) in [4.78, 5) is 0.224. The Morgan fingerprint density at radius 2 is 2.11 bits per heavy atom. The highest BCUT2D eigenvalue weighted by Crippen LogP contribution is 2.17. The molecule has 0 spiro atoms. The second kappa shape index (κ2) is 6.45. The maximum atomic E-state index is 12.1. The lowest BCUT2D eigenvalue weighted by Gasteiger charge is -2.14. The van der Waals surface area contributed by atoms with Gasteiger partial charge in [-0.1, -0.05) is 6.07 Å². The average Bonchev–Trinajstić information content (AvgIpc) is 2.29. The second-order valence-corrected chi connectivity index (χ2v) is 7.02. The molecule has 0 heterocycles. The highest BCUT2D eigenvalue weighted by Gasteiger charge is 2.17. The van der Waals surface area contributed by atoms with Crippen LogP contribution < -0.4 is 10.5 Å². The van der Waals surface area contributed by atoms with Crippen molar-refractivity contribution in [2.24, 2.45) is 0 Å². The molecular formula is C12H20N2O2S2. The summed E-state index contributed by atoms with van der Waals surface area (Å²) < 4.78 is 26.8. The van der Waals surface area contributed by atoms with E-state index in [9.17, 15) is 8.42 Å². The first-order chi connectivity index (χ1) is 8.36. The maximum absolute atomic E-state index is 12.1. The van der Waals surface area contributed by atoms with Gasteiger partial charge in [0.1, 0.15) is 0 Å². The minimum absolute atomic E-state index is 0.0787. The molecule has 1 aromatic carbocycles. The molecule has 0 aromatic heterocycles. The highest BCUT2D eigenvalue weighted by molar-refractivity contribution is 7.98. The first-order valence-corrected chi connectivity index (χ1v) is 8.62. The van der Waals surface area contributed by atoms with E-state index in [1.807, 2.05) is 20.1 Å². The van der Waals surface area contributed by atoms with Crippen molar-refractivity contribution in [2.45, 2.75) is 31.2 Å². The number of rotatable bonds is 6. The van der Waals surface area contributed by atoms with Crippen molar-refractivity contribution >= 4 is 27.5 Å². The number of nitrogen functional groups attached to an aromatic ring is 1. The Hall–Kier alpha value is -0.720. The van der Waals surface area contributed by atoms with E-state index in [0.29, 0.717) is 5.69 Å². The van der Waals surface area contributed by atoms with Crippen LogP contribution >= 0.6 is 11.8 Å². The summed E-state index contributed by atoms with van der Waals surface area (Å²) in [5.41, 5.74) is 7.11. The van der Waals surface area contributed by atoms with E-state index < -0.39 is 10.0 Å². The van der Waals surface area contributed by atoms with Gasteiger partial charge in [-0.05, 0) is 50.0 Å². The molecule has 102 valence electrons. The molecule has 1 aromatic rings. The Morgan fingerprint density at radius 1 is 1.44 bits per heavy atom. The number of nitrogens with one attached hydrogen (secondary N) is 1. The van der Waals surface area contributed by atoms with E-state index >= 15 is 0 Å². The summed E-state index contributed by atoms with van der Waals surface area (Å²) in [6, 6.07) is 4.72. The molecule has 0 radical (unpaired) electrons. The average molecular weight is 288 g/mol. The van der Waals surface area contributed by atoms with Crippen LogP contribution in [0.2, 0.25) is 0 Å². The first kappa shape index (κ1) is 15.3. The van der Waals surface area contributed by atoms with Crippen LogP contribution in [-0.4, -0.2) is 26.5 Å². The van der Waals surface area contributed by atoms with Gasteiger partial charge in [0.2, 0.25) is 10.0 Å². The van der Waals surface area contributed by atoms with Gasteiger partial charge in [0, 0.05) is 11.7 Å². The summed E-state index contributed by atoms with van der Waals surface area (Å²) in [5.74, 6) is 0.930. The molecule has 0 aliphatic carbocycles. The summed E-state index contributed by atoms with van der Waals surface area (Å²) in [5, 5.41) is 0. The third kappa shape index (κ3) is 4.19. The number of hydrogen-bond donors (Lipinski definition) is 2. The van der Waals surface area contributed by atoms with Crippen molar-refractivity contribution < 1.29 is 8.42 Å². The zero-order valence-electron chi connectivity index (χ0n) is 10.9. The minimum atomic E-state index is -3.47. The van der Waals surface area contributed by atoms with Gasteiger partial charge >= 0.3 is 0 Å². The monoisotopic (exact) mass is 288 g/mol. The smallest absolute Gasteiger partial charge is 0.240 e. The van der Waals surface area contributed by atoms with Crippen molar-refractivity contribution in [1.29, 1.82) is 0 Å². The quantitative estimate of drug-likeness (QED) is 0.785. The van der Waals surface area contributed by atoms with Gasteiger partial charge in [-0.25, -0.2) is 13.1 Å². The van der Waals surface area contributed by atoms with Crippen LogP contribution in [0.3, 0.4) is 0 Å². The van der Waals surface area contributed by atoms with Crippen LogP contribution in [0, 0.1) is 6.92 Å². The third-order valence-electron chi connectivity index (χ3n) is 2.67. The molecule has 1 atom stereocenters. The van der Waals surface area contributed by atoms with Crippen molar-refractivity contribution in [2.75, 3.05) is 17.7 Å². The van der Waals surface area contributed by atoms with Crippen LogP contribution in [0.15, 0.2) is 23.1 Å². The van der Waals surface area contributed by atoms with Gasteiger partial charge < -0.3 is 5.73 Å². The first-order valence-electron chi connectivity index (χ1n) is 5.74. The van der Waals surface area contributed by atoms with Crippen molar-refractivity contribution in [1.82, 2.24) is 4.72 Å². The fourth-order valence-corrected chi connectivity index (χ4v) is 3.37. The Kier molecular flexibility index (Phi) is 5.49. The summed E-state index contributed by atoms with van der Waals surface area (Å²) in [6.07, 6.45) is 2.81. The predicted molar refractivity (Wildman–Crippen MR) is 78.4 cm³/mol. The molecule has 1 rings (SSSR count). The van der Waals surface area contributed by atoms with Gasteiger partial charge in [-0.3, -0.25) is 0 Å². The molecule has 0 saturated heterocycles. The number of hydrogen-bond acceptors (Lipinski definition) is 4. The molecular weight excluding hydrogens is 268 g/mol. The van der Waals surface area contributed by atoms with Crippen LogP contribution in [0.4, 0.5) is 5.69 Å². The summed E-state index contributed by atoms with van der Waals surface area (Å²) in [7, 11) is -3.47. The molecule has 18 heavy (non-hydrogen) atoms. The van der Waals surface area contributed by atoms with E-state index in [-0.39, 0.29) is 10.9 Å². The zero-order chi connectivity index (χ0) is 13.8. The summed E-state index contributed by atoms with van der Waals surface area (Å²) >= 11 is 1.70. The Bertz CT molecular complexity index is 501. The summed E-state index contributed by atoms with van der Waals surface area (Å²) in [6.45, 7) is 3.71. The third-order valence-corrected chi connectivity index (χ3v) is 4.90. The number of aryl methyl sites for hydroxylation is 1. The largest absolute Gasteiger partial charge is 0.398 e. The molecule has 0 saturated carbocycles. The van der Waals surface area contributed by atoms with Gasteiger partial charge in [0.25, 0.3) is 0 Å². The normalized spacial score (nSPS) is 13.5. The molecule has 0 aliphatic rings. The predicted octanol–water partition coefficient (Wildman–Crippen LogP) is 2.00. The van der Waals surface area contributed by atoms with Crippen molar-refractivity contribution in [3.63, 3.8) is 0 Å². The van der Waals surface area contributed by atoms with E-state index in [2.05, 4.69) is 4.72 Å². The standard InChI is InChI=1S/C12H20N2O2S2/c1-9-4-5-11(8-12(9)13)18(15,16)14-10(2)6-7-17-3/h4-5,8,10,14H,6-7,13H2,1-3H3. The fraction of sp³-hybridized carbons (Fsp3) is 0.500. The molecule has 0 fully saturated rings. The number of benzene rings is 1. The Balaban J connectivity index is 2.83. The van der Waals surface area contributed by atoms with E-state index in [4.69, 9.17) is 5.73 Å². The molecule has 0 amide bonds. The Labute approximate surface area is 113 Å². The lowest BCUT2D eigenvalue weighted by Crippen LogP contribution is -2.33. The van der Waals surface area contributed by atoms with Gasteiger partial charge in [0.05, 0.1) is 4.90 Å². The number of thioether (sulfide) groups is 1. The molecule has 0 aliphatic heterocycles. The molecule has 3 N–H and O–H groups in total. The van der Waals surface area contributed by atoms with Crippen molar-refractivity contribution in [3.05, 3.63) is 23.8 Å². The van der Waals surface area contributed by atoms with E-state index in [1.54, 1.807) is 23.9 Å². The van der Waals surface area contributed by atoms with E-state index in [0.717, 1.165) is 17.7 Å².